The van der Waals surface area contributed by atoms with Gasteiger partial charge in [-0.15, -0.1) is 0 Å². The molecule has 1 heterocycles. The van der Waals surface area contributed by atoms with Gasteiger partial charge in [0.25, 0.3) is 0 Å². The predicted octanol–water partition coefficient (Wildman–Crippen LogP) is 8.59. The predicted molar refractivity (Wildman–Crippen MR) is 123 cm³/mol. The summed E-state index contributed by atoms with van der Waals surface area (Å²) in [5.41, 5.74) is 2.96. The molecule has 4 rings (SSSR count). The number of allylic oxidation sites excluding steroid dienone is 3. The van der Waals surface area contributed by atoms with E-state index in [4.69, 9.17) is 4.74 Å². The summed E-state index contributed by atoms with van der Waals surface area (Å²) >= 11 is 0. The van der Waals surface area contributed by atoms with Gasteiger partial charge in [-0.25, -0.2) is 22.0 Å². The molecule has 0 radical (unpaired) electrons. The van der Waals surface area contributed by atoms with Crippen molar-refractivity contribution in [1.29, 1.82) is 0 Å². The van der Waals surface area contributed by atoms with Gasteiger partial charge in [0.1, 0.15) is 0 Å². The molecule has 34 heavy (non-hydrogen) atoms. The molecule has 0 spiro atoms. The molecule has 3 aromatic rings. The van der Waals surface area contributed by atoms with Gasteiger partial charge < -0.3 is 4.74 Å². The van der Waals surface area contributed by atoms with Gasteiger partial charge in [-0.05, 0) is 60.2 Å². The number of halogens is 5. The van der Waals surface area contributed by atoms with Crippen LogP contribution in [0.25, 0.3) is 17.0 Å². The van der Waals surface area contributed by atoms with Crippen molar-refractivity contribution in [1.82, 2.24) is 0 Å². The van der Waals surface area contributed by atoms with E-state index in [1.807, 2.05) is 12.1 Å². The van der Waals surface area contributed by atoms with E-state index in [1.54, 1.807) is 43.3 Å². The average molecular weight is 470 g/mol. The van der Waals surface area contributed by atoms with Crippen molar-refractivity contribution in [3.63, 3.8) is 0 Å². The molecule has 0 bridgehead atoms. The van der Waals surface area contributed by atoms with Gasteiger partial charge in [0.15, 0.2) is 29.1 Å². The molecule has 0 N–H and O–H groups in total. The molecule has 3 aromatic carbocycles. The molecule has 2 atom stereocenters. The highest BCUT2D eigenvalue weighted by Crippen LogP contribution is 2.36. The first-order valence-corrected chi connectivity index (χ1v) is 11.0. The molecule has 6 heteroatoms. The number of rotatable bonds is 5. The molecule has 0 aromatic heterocycles. The normalized spacial score (nSPS) is 19.4. The maximum atomic E-state index is 14.1. The van der Waals surface area contributed by atoms with Crippen molar-refractivity contribution < 1.29 is 26.7 Å². The van der Waals surface area contributed by atoms with Crippen LogP contribution in [-0.2, 0) is 4.74 Å². The second kappa shape index (κ2) is 10.3. The average Bonchev–Trinajstić information content (AvgIpc) is 2.87. The maximum Gasteiger partial charge on any atom is 0.194 e. The van der Waals surface area contributed by atoms with Crippen LogP contribution in [0, 0.1) is 17.5 Å². The lowest BCUT2D eigenvalue weighted by Crippen LogP contribution is -2.19. The molecule has 176 valence electrons. The van der Waals surface area contributed by atoms with Crippen LogP contribution >= 0.6 is 0 Å². The monoisotopic (exact) mass is 470 g/mol. The number of benzene rings is 3. The first kappa shape index (κ1) is 23.9. The topological polar surface area (TPSA) is 9.23 Å². The Morgan fingerprint density at radius 1 is 0.824 bits per heavy atom. The van der Waals surface area contributed by atoms with Gasteiger partial charge in [-0.1, -0.05) is 54.6 Å². The number of hydrogen-bond acceptors (Lipinski definition) is 1. The molecule has 0 amide bonds. The molecule has 0 aliphatic carbocycles. The van der Waals surface area contributed by atoms with Crippen LogP contribution in [0.4, 0.5) is 22.0 Å². The maximum absolute atomic E-state index is 14.1. The van der Waals surface area contributed by atoms with E-state index in [1.165, 1.54) is 6.08 Å². The van der Waals surface area contributed by atoms with Crippen molar-refractivity contribution in [2.24, 2.45) is 0 Å². The Balaban J connectivity index is 1.40. The highest BCUT2D eigenvalue weighted by Gasteiger charge is 2.24. The van der Waals surface area contributed by atoms with Crippen molar-refractivity contribution in [2.75, 3.05) is 6.61 Å². The minimum Gasteiger partial charge on any atom is -0.373 e. The summed E-state index contributed by atoms with van der Waals surface area (Å²) in [5, 5.41) is 0. The van der Waals surface area contributed by atoms with Crippen LogP contribution in [0.15, 0.2) is 78.6 Å². The van der Waals surface area contributed by atoms with Crippen LogP contribution in [0.3, 0.4) is 0 Å². The van der Waals surface area contributed by atoms with Crippen molar-refractivity contribution >= 4 is 5.83 Å². The lowest BCUT2D eigenvalue weighted by atomic mass is 9.88. The SMILES string of the molecule is CC=CC(F)=C(F)c1ccc(C2CCC(c3ccc(-c4cc(F)c(F)c(F)c4)cc3)CO2)cc1. The second-order valence-corrected chi connectivity index (χ2v) is 8.26. The van der Waals surface area contributed by atoms with Crippen LogP contribution in [-0.4, -0.2) is 6.61 Å². The standard InChI is InChI=1S/C28H23F5O/c1-2-3-23(29)27(32)20-10-8-19(9-11-20)26-13-12-21(16-34-26)17-4-6-18(7-5-17)22-14-24(30)28(33)25(31)15-22/h2-11,14-15,21,26H,12-13,16H2,1H3. The van der Waals surface area contributed by atoms with Gasteiger partial charge >= 0.3 is 0 Å². The van der Waals surface area contributed by atoms with E-state index in [-0.39, 0.29) is 23.1 Å². The number of hydrogen-bond donors (Lipinski definition) is 0. The zero-order valence-corrected chi connectivity index (χ0v) is 18.5. The van der Waals surface area contributed by atoms with E-state index < -0.39 is 29.1 Å². The van der Waals surface area contributed by atoms with E-state index >= 15 is 0 Å². The van der Waals surface area contributed by atoms with Crippen LogP contribution < -0.4 is 0 Å². The summed E-state index contributed by atoms with van der Waals surface area (Å²) in [6, 6.07) is 15.8. The summed E-state index contributed by atoms with van der Waals surface area (Å²) in [4.78, 5) is 0. The Morgan fingerprint density at radius 3 is 2.00 bits per heavy atom. The molecule has 0 saturated carbocycles. The Labute approximate surface area is 195 Å². The fourth-order valence-corrected chi connectivity index (χ4v) is 4.15. The fraction of sp³-hybridized carbons (Fsp3) is 0.214. The quantitative estimate of drug-likeness (QED) is 0.206. The molecule has 1 aliphatic rings. The molecule has 2 unspecified atom stereocenters. The molecule has 1 fully saturated rings. The fourth-order valence-electron chi connectivity index (χ4n) is 4.15. The minimum absolute atomic E-state index is 0.137. The summed E-state index contributed by atoms with van der Waals surface area (Å²) in [7, 11) is 0. The first-order valence-electron chi connectivity index (χ1n) is 11.0. The summed E-state index contributed by atoms with van der Waals surface area (Å²) in [6.45, 7) is 2.10. The highest BCUT2D eigenvalue weighted by atomic mass is 19.2. The van der Waals surface area contributed by atoms with Crippen LogP contribution in [0.1, 0.15) is 48.5 Å². The van der Waals surface area contributed by atoms with Gasteiger partial charge in [0.05, 0.1) is 12.7 Å². The molecule has 1 aliphatic heterocycles. The van der Waals surface area contributed by atoms with Crippen molar-refractivity contribution in [2.45, 2.75) is 31.8 Å². The third-order valence-electron chi connectivity index (χ3n) is 6.03. The van der Waals surface area contributed by atoms with Gasteiger partial charge in [-0.3, -0.25) is 0 Å². The Bertz CT molecular complexity index is 1180. The van der Waals surface area contributed by atoms with Crippen molar-refractivity contribution in [3.05, 3.63) is 113 Å². The molecule has 1 nitrogen and oxygen atoms in total. The van der Waals surface area contributed by atoms with E-state index in [0.717, 1.165) is 42.2 Å². The summed E-state index contributed by atoms with van der Waals surface area (Å²) in [6.07, 6.45) is 3.99. The lowest BCUT2D eigenvalue weighted by Gasteiger charge is -2.30. The third-order valence-corrected chi connectivity index (χ3v) is 6.03. The molecule has 1 saturated heterocycles. The zero-order chi connectivity index (χ0) is 24.2. The summed E-state index contributed by atoms with van der Waals surface area (Å²) in [5.74, 6) is -5.58. The Morgan fingerprint density at radius 2 is 1.44 bits per heavy atom. The largest absolute Gasteiger partial charge is 0.373 e. The minimum atomic E-state index is -1.48. The smallest absolute Gasteiger partial charge is 0.194 e. The number of ether oxygens (including phenoxy) is 1. The first-order chi connectivity index (χ1) is 16.4. The van der Waals surface area contributed by atoms with Gasteiger partial charge in [0, 0.05) is 11.5 Å². The van der Waals surface area contributed by atoms with E-state index in [0.29, 0.717) is 12.2 Å². The van der Waals surface area contributed by atoms with Crippen LogP contribution in [0.2, 0.25) is 0 Å². The Hall–Kier alpha value is -3.25. The van der Waals surface area contributed by atoms with E-state index in [2.05, 4.69) is 0 Å². The van der Waals surface area contributed by atoms with Gasteiger partial charge in [-0.2, -0.15) is 0 Å². The highest BCUT2D eigenvalue weighted by molar-refractivity contribution is 5.64. The Kier molecular flexibility index (Phi) is 7.27. The van der Waals surface area contributed by atoms with Crippen LogP contribution in [0.5, 0.6) is 0 Å². The van der Waals surface area contributed by atoms with E-state index in [9.17, 15) is 22.0 Å². The lowest BCUT2D eigenvalue weighted by molar-refractivity contribution is 0.00238. The second-order valence-electron chi connectivity index (χ2n) is 8.26. The third kappa shape index (κ3) is 5.12. The summed E-state index contributed by atoms with van der Waals surface area (Å²) < 4.78 is 74.1. The molecular weight excluding hydrogens is 447 g/mol. The van der Waals surface area contributed by atoms with Gasteiger partial charge in [0.2, 0.25) is 0 Å². The zero-order valence-electron chi connectivity index (χ0n) is 18.5. The molecular formula is C28H23F5O. The van der Waals surface area contributed by atoms with Crippen molar-refractivity contribution in [3.8, 4) is 11.1 Å².